The van der Waals surface area contributed by atoms with Crippen LogP contribution in [0.5, 0.6) is 0 Å². The summed E-state index contributed by atoms with van der Waals surface area (Å²) >= 11 is 0. The number of carboxylic acids is 1. The van der Waals surface area contributed by atoms with E-state index in [4.69, 9.17) is 10.8 Å². The lowest BCUT2D eigenvalue weighted by molar-refractivity contribution is -0.138. The lowest BCUT2D eigenvalue weighted by Crippen LogP contribution is -2.07. The molecule has 0 aliphatic rings. The third-order valence-electron chi connectivity index (χ3n) is 3.30. The molecule has 3 N–H and O–H groups in total. The summed E-state index contributed by atoms with van der Waals surface area (Å²) in [4.78, 5) is 10.9. The monoisotopic (exact) mass is 255 g/mol. The van der Waals surface area contributed by atoms with Crippen molar-refractivity contribution in [3.05, 3.63) is 65.2 Å². The van der Waals surface area contributed by atoms with Crippen molar-refractivity contribution < 1.29 is 9.90 Å². The van der Waals surface area contributed by atoms with Crippen LogP contribution in [0.2, 0.25) is 0 Å². The average Bonchev–Trinajstić information content (AvgIpc) is 2.41. The van der Waals surface area contributed by atoms with Crippen molar-refractivity contribution in [2.45, 2.75) is 19.3 Å². The maximum atomic E-state index is 10.9. The fourth-order valence-corrected chi connectivity index (χ4v) is 1.98. The summed E-state index contributed by atoms with van der Waals surface area (Å²) in [6.07, 6.45) is 0.758. The van der Waals surface area contributed by atoms with Gasteiger partial charge in [0.25, 0.3) is 0 Å². The first-order valence-corrected chi connectivity index (χ1v) is 6.23. The van der Waals surface area contributed by atoms with Gasteiger partial charge in [0.15, 0.2) is 0 Å². The number of rotatable bonds is 4. The van der Waals surface area contributed by atoms with Crippen LogP contribution in [0.15, 0.2) is 48.5 Å². The second kappa shape index (κ2) is 5.57. The van der Waals surface area contributed by atoms with E-state index in [-0.39, 0.29) is 0 Å². The lowest BCUT2D eigenvalue weighted by Gasteiger charge is -2.09. The van der Waals surface area contributed by atoms with Crippen LogP contribution in [-0.2, 0) is 11.2 Å². The van der Waals surface area contributed by atoms with E-state index >= 15 is 0 Å². The van der Waals surface area contributed by atoms with Gasteiger partial charge in [-0.3, -0.25) is 4.79 Å². The molecular weight excluding hydrogens is 238 g/mol. The minimum absolute atomic E-state index is 0.476. The molecule has 0 saturated carbocycles. The van der Waals surface area contributed by atoms with E-state index in [0.717, 1.165) is 28.8 Å². The van der Waals surface area contributed by atoms with Crippen molar-refractivity contribution >= 4 is 11.7 Å². The molecule has 0 aromatic heterocycles. The van der Waals surface area contributed by atoms with Gasteiger partial charge in [0, 0.05) is 5.69 Å². The quantitative estimate of drug-likeness (QED) is 0.825. The summed E-state index contributed by atoms with van der Waals surface area (Å²) in [5.74, 6) is -1.28. The van der Waals surface area contributed by atoms with Gasteiger partial charge in [0.05, 0.1) is 5.92 Å². The van der Waals surface area contributed by atoms with Gasteiger partial charge in [0.2, 0.25) is 0 Å². The Kier molecular flexibility index (Phi) is 3.85. The molecule has 2 aromatic carbocycles. The number of benzene rings is 2. The molecule has 0 amide bonds. The Hall–Kier alpha value is -2.29. The van der Waals surface area contributed by atoms with Crippen LogP contribution in [0.25, 0.3) is 0 Å². The molecule has 0 saturated heterocycles. The van der Waals surface area contributed by atoms with Crippen molar-refractivity contribution in [3.63, 3.8) is 0 Å². The van der Waals surface area contributed by atoms with E-state index in [1.54, 1.807) is 6.92 Å². The molecule has 0 radical (unpaired) electrons. The second-order valence-corrected chi connectivity index (χ2v) is 4.68. The van der Waals surface area contributed by atoms with Crippen LogP contribution in [0.3, 0.4) is 0 Å². The minimum Gasteiger partial charge on any atom is -0.481 e. The summed E-state index contributed by atoms with van der Waals surface area (Å²) in [7, 11) is 0. The van der Waals surface area contributed by atoms with E-state index in [1.165, 1.54) is 0 Å². The minimum atomic E-state index is -0.806. The smallest absolute Gasteiger partial charge is 0.310 e. The van der Waals surface area contributed by atoms with Crippen molar-refractivity contribution in [3.8, 4) is 0 Å². The maximum Gasteiger partial charge on any atom is 0.310 e. The summed E-state index contributed by atoms with van der Waals surface area (Å²) in [5.41, 5.74) is 9.72. The van der Waals surface area contributed by atoms with Crippen LogP contribution in [0.4, 0.5) is 5.69 Å². The highest BCUT2D eigenvalue weighted by Crippen LogP contribution is 2.19. The predicted octanol–water partition coefficient (Wildman–Crippen LogP) is 3.05. The van der Waals surface area contributed by atoms with Crippen LogP contribution in [-0.4, -0.2) is 11.1 Å². The molecule has 3 nitrogen and oxygen atoms in total. The van der Waals surface area contributed by atoms with Crippen molar-refractivity contribution in [2.24, 2.45) is 0 Å². The number of nitrogens with two attached hydrogens (primary N) is 1. The first-order chi connectivity index (χ1) is 9.08. The van der Waals surface area contributed by atoms with Gasteiger partial charge in [-0.05, 0) is 36.1 Å². The first kappa shape index (κ1) is 13.1. The number of carboxylic acid groups (broad SMARTS) is 1. The molecule has 0 aliphatic heterocycles. The molecule has 1 unspecified atom stereocenters. The molecule has 1 atom stereocenters. The second-order valence-electron chi connectivity index (χ2n) is 4.68. The molecular formula is C16H17NO2. The number of hydrogen-bond acceptors (Lipinski definition) is 2. The van der Waals surface area contributed by atoms with Gasteiger partial charge in [-0.15, -0.1) is 0 Å². The van der Waals surface area contributed by atoms with Crippen LogP contribution in [0, 0.1) is 0 Å². The summed E-state index contributed by atoms with van der Waals surface area (Å²) in [6.45, 7) is 1.69. The number of para-hydroxylation sites is 1. The third-order valence-corrected chi connectivity index (χ3v) is 3.30. The Labute approximate surface area is 112 Å². The highest BCUT2D eigenvalue weighted by molar-refractivity contribution is 5.75. The Morgan fingerprint density at radius 3 is 2.37 bits per heavy atom. The van der Waals surface area contributed by atoms with Gasteiger partial charge in [-0.2, -0.15) is 0 Å². The van der Waals surface area contributed by atoms with E-state index in [0.29, 0.717) is 0 Å². The molecule has 0 aliphatic carbocycles. The fraction of sp³-hybridized carbons (Fsp3) is 0.188. The Morgan fingerprint density at radius 2 is 1.79 bits per heavy atom. The number of aliphatic carboxylic acids is 1. The zero-order valence-corrected chi connectivity index (χ0v) is 10.8. The Balaban J connectivity index is 2.15. The molecule has 0 fully saturated rings. The number of hydrogen-bond donors (Lipinski definition) is 2. The van der Waals surface area contributed by atoms with Crippen molar-refractivity contribution in [1.29, 1.82) is 0 Å². The Morgan fingerprint density at radius 1 is 1.16 bits per heavy atom. The zero-order valence-electron chi connectivity index (χ0n) is 10.8. The van der Waals surface area contributed by atoms with E-state index in [2.05, 4.69) is 0 Å². The number of nitrogen functional groups attached to an aromatic ring is 1. The SMILES string of the molecule is CC(C(=O)O)c1ccc(Cc2ccccc2N)cc1. The van der Waals surface area contributed by atoms with Crippen LogP contribution in [0.1, 0.15) is 29.5 Å². The lowest BCUT2D eigenvalue weighted by atomic mass is 9.97. The van der Waals surface area contributed by atoms with Crippen LogP contribution < -0.4 is 5.73 Å². The van der Waals surface area contributed by atoms with Crippen molar-refractivity contribution in [2.75, 3.05) is 5.73 Å². The van der Waals surface area contributed by atoms with E-state index in [1.807, 2.05) is 48.5 Å². The standard InChI is InChI=1S/C16H17NO2/c1-11(16(18)19)13-8-6-12(7-9-13)10-14-4-2-3-5-15(14)17/h2-9,11H,10,17H2,1H3,(H,18,19). The molecule has 0 spiro atoms. The molecule has 0 bridgehead atoms. The summed E-state index contributed by atoms with van der Waals surface area (Å²) < 4.78 is 0. The van der Waals surface area contributed by atoms with Crippen LogP contribution >= 0.6 is 0 Å². The third kappa shape index (κ3) is 3.13. The van der Waals surface area contributed by atoms with E-state index < -0.39 is 11.9 Å². The molecule has 2 aromatic rings. The van der Waals surface area contributed by atoms with Gasteiger partial charge >= 0.3 is 5.97 Å². The van der Waals surface area contributed by atoms with Gasteiger partial charge in [-0.1, -0.05) is 42.5 Å². The molecule has 3 heteroatoms. The maximum absolute atomic E-state index is 10.9. The fourth-order valence-electron chi connectivity index (χ4n) is 1.98. The molecule has 98 valence electrons. The topological polar surface area (TPSA) is 63.3 Å². The van der Waals surface area contributed by atoms with Gasteiger partial charge in [0.1, 0.15) is 0 Å². The average molecular weight is 255 g/mol. The first-order valence-electron chi connectivity index (χ1n) is 6.23. The molecule has 2 rings (SSSR count). The van der Waals surface area contributed by atoms with Gasteiger partial charge < -0.3 is 10.8 Å². The predicted molar refractivity (Wildman–Crippen MR) is 76.2 cm³/mol. The van der Waals surface area contributed by atoms with Crippen molar-refractivity contribution in [1.82, 2.24) is 0 Å². The Bertz CT molecular complexity index is 576. The zero-order chi connectivity index (χ0) is 13.8. The van der Waals surface area contributed by atoms with Gasteiger partial charge in [-0.25, -0.2) is 0 Å². The molecule has 19 heavy (non-hydrogen) atoms. The highest BCUT2D eigenvalue weighted by Gasteiger charge is 2.13. The highest BCUT2D eigenvalue weighted by atomic mass is 16.4. The summed E-state index contributed by atoms with van der Waals surface area (Å²) in [5, 5.41) is 8.96. The summed E-state index contributed by atoms with van der Waals surface area (Å²) in [6, 6.07) is 15.4. The number of anilines is 1. The normalized spacial score (nSPS) is 12.1. The molecule has 0 heterocycles. The van der Waals surface area contributed by atoms with E-state index in [9.17, 15) is 4.79 Å². The number of carbonyl (C=O) groups is 1. The largest absolute Gasteiger partial charge is 0.481 e.